The van der Waals surface area contributed by atoms with Crippen molar-refractivity contribution in [1.29, 1.82) is 0 Å². The van der Waals surface area contributed by atoms with Gasteiger partial charge in [-0.1, -0.05) is 19.9 Å². The van der Waals surface area contributed by atoms with Gasteiger partial charge < -0.3 is 33.9 Å². The van der Waals surface area contributed by atoms with E-state index >= 15 is 0 Å². The van der Waals surface area contributed by atoms with Crippen molar-refractivity contribution < 1.29 is 38.7 Å². The van der Waals surface area contributed by atoms with Crippen LogP contribution in [-0.2, 0) is 11.2 Å². The first-order chi connectivity index (χ1) is 17.2. The molecule has 37 heavy (non-hydrogen) atoms. The van der Waals surface area contributed by atoms with E-state index in [1.54, 1.807) is 26.0 Å². The van der Waals surface area contributed by atoms with Gasteiger partial charge in [-0.25, -0.2) is 4.79 Å². The maximum absolute atomic E-state index is 13.4. The van der Waals surface area contributed by atoms with Gasteiger partial charge in [0.2, 0.25) is 5.75 Å². The van der Waals surface area contributed by atoms with Gasteiger partial charge in [0.1, 0.15) is 22.7 Å². The number of allylic oxidation sites excluding steroid dienone is 1. The Morgan fingerprint density at radius 1 is 0.946 bits per heavy atom. The van der Waals surface area contributed by atoms with Crippen LogP contribution in [0.4, 0.5) is 0 Å². The molecule has 198 valence electrons. The molecule has 0 radical (unpaired) electrons. The molecular weight excluding hydrogens is 480 g/mol. The van der Waals surface area contributed by atoms with Gasteiger partial charge in [0.15, 0.2) is 17.3 Å². The number of carbonyl (C=O) groups is 1. The second kappa shape index (κ2) is 7.61. The van der Waals surface area contributed by atoms with Gasteiger partial charge in [-0.15, -0.1) is 0 Å². The lowest BCUT2D eigenvalue weighted by molar-refractivity contribution is -0.297. The van der Waals surface area contributed by atoms with Gasteiger partial charge in [-0.3, -0.25) is 4.79 Å². The number of methoxy groups -OCH3 is 2. The van der Waals surface area contributed by atoms with E-state index < -0.39 is 39.0 Å². The smallest absolute Gasteiger partial charge is 0.343 e. The molecule has 1 aromatic heterocycles. The van der Waals surface area contributed by atoms with Crippen LogP contribution in [-0.4, -0.2) is 52.1 Å². The summed E-state index contributed by atoms with van der Waals surface area (Å²) < 4.78 is 22.4. The number of hydrogen-bond donors (Lipinski definition) is 3. The van der Waals surface area contributed by atoms with E-state index in [4.69, 9.17) is 18.6 Å². The van der Waals surface area contributed by atoms with Crippen LogP contribution in [0.1, 0.15) is 46.1 Å². The molecule has 1 saturated carbocycles. The Morgan fingerprint density at radius 3 is 2.30 bits per heavy atom. The van der Waals surface area contributed by atoms with Gasteiger partial charge in [0.25, 0.3) is 0 Å². The molecular formula is C28H32O9. The van der Waals surface area contributed by atoms with Gasteiger partial charge >= 0.3 is 5.63 Å². The molecule has 4 unspecified atom stereocenters. The summed E-state index contributed by atoms with van der Waals surface area (Å²) in [4.78, 5) is 26.7. The monoisotopic (exact) mass is 512 g/mol. The zero-order valence-corrected chi connectivity index (χ0v) is 21.8. The number of aromatic hydroxyl groups is 1. The molecule has 2 aromatic rings. The minimum atomic E-state index is -1.91. The van der Waals surface area contributed by atoms with Crippen LogP contribution in [0.5, 0.6) is 23.0 Å². The van der Waals surface area contributed by atoms with Crippen molar-refractivity contribution in [2.75, 3.05) is 14.2 Å². The highest BCUT2D eigenvalue weighted by atomic mass is 16.5. The average molecular weight is 513 g/mol. The Labute approximate surface area is 214 Å². The molecule has 0 bridgehead atoms. The molecule has 4 atom stereocenters. The lowest BCUT2D eigenvalue weighted by atomic mass is 9.41. The number of fused-ring (bicyclic) bond motifs is 4. The lowest BCUT2D eigenvalue weighted by Crippen LogP contribution is -2.81. The van der Waals surface area contributed by atoms with Crippen LogP contribution >= 0.6 is 0 Å². The van der Waals surface area contributed by atoms with Crippen LogP contribution in [0.2, 0.25) is 0 Å². The summed E-state index contributed by atoms with van der Waals surface area (Å²) >= 11 is 0. The third kappa shape index (κ3) is 2.98. The number of aliphatic hydroxyl groups is 2. The summed E-state index contributed by atoms with van der Waals surface area (Å²) in [6.45, 7) is 6.93. The maximum atomic E-state index is 13.4. The summed E-state index contributed by atoms with van der Waals surface area (Å²) in [6.07, 6.45) is 3.29. The Bertz CT molecular complexity index is 1410. The molecule has 0 amide bonds. The number of phenols is 1. The Morgan fingerprint density at radius 2 is 1.65 bits per heavy atom. The van der Waals surface area contributed by atoms with E-state index in [1.807, 2.05) is 13.8 Å². The molecule has 9 heteroatoms. The van der Waals surface area contributed by atoms with Gasteiger partial charge in [0, 0.05) is 23.5 Å². The van der Waals surface area contributed by atoms with E-state index in [9.17, 15) is 24.9 Å². The molecule has 1 fully saturated rings. The van der Waals surface area contributed by atoms with Crippen LogP contribution in [0, 0.1) is 10.8 Å². The predicted octanol–water partition coefficient (Wildman–Crippen LogP) is 3.15. The molecule has 3 aliphatic rings. The second-order valence-electron chi connectivity index (χ2n) is 11.2. The van der Waals surface area contributed by atoms with Crippen molar-refractivity contribution >= 4 is 5.78 Å². The fourth-order valence-electron chi connectivity index (χ4n) is 6.68. The topological polar surface area (TPSA) is 136 Å². The zero-order chi connectivity index (χ0) is 27.2. The highest BCUT2D eigenvalue weighted by molar-refractivity contribution is 5.98. The summed E-state index contributed by atoms with van der Waals surface area (Å²) in [5.41, 5.74) is -7.56. The summed E-state index contributed by atoms with van der Waals surface area (Å²) in [5, 5.41) is 34.7. The molecule has 2 aliphatic carbocycles. The zero-order valence-electron chi connectivity index (χ0n) is 21.8. The fraction of sp³-hybridized carbons (Fsp3) is 0.500. The quantitative estimate of drug-likeness (QED) is 0.567. The van der Waals surface area contributed by atoms with E-state index in [-0.39, 0.29) is 53.6 Å². The number of rotatable bonds is 3. The Hall–Kier alpha value is -3.30. The maximum Gasteiger partial charge on any atom is 0.343 e. The first-order valence-corrected chi connectivity index (χ1v) is 12.2. The van der Waals surface area contributed by atoms with Gasteiger partial charge in [-0.2, -0.15) is 0 Å². The van der Waals surface area contributed by atoms with Crippen molar-refractivity contribution in [3.8, 4) is 34.3 Å². The fourth-order valence-corrected chi connectivity index (χ4v) is 6.68. The molecule has 3 N–H and O–H groups in total. The van der Waals surface area contributed by atoms with Crippen LogP contribution in [0.3, 0.4) is 0 Å². The number of hydrogen-bond acceptors (Lipinski definition) is 9. The molecule has 2 heterocycles. The van der Waals surface area contributed by atoms with Crippen LogP contribution in [0.25, 0.3) is 11.3 Å². The van der Waals surface area contributed by atoms with Gasteiger partial charge in [-0.05, 0) is 44.9 Å². The highest BCUT2D eigenvalue weighted by Gasteiger charge is 2.77. The van der Waals surface area contributed by atoms with Crippen LogP contribution < -0.4 is 19.8 Å². The first kappa shape index (κ1) is 25.4. The van der Waals surface area contributed by atoms with E-state index in [2.05, 4.69) is 0 Å². The van der Waals surface area contributed by atoms with E-state index in [1.165, 1.54) is 32.4 Å². The normalized spacial score (nSPS) is 33.6. The first-order valence-electron chi connectivity index (χ1n) is 12.2. The number of ether oxygens (including phenoxy) is 3. The SMILES string of the molecule is COc1cc(-c2cc3c(c(=O)o2)CC2(O)C(C)(CCC4(O)C(C)(C)C=CC(=O)C42C)O3)cc(O)c1OC. The van der Waals surface area contributed by atoms with Crippen molar-refractivity contribution in [3.63, 3.8) is 0 Å². The minimum absolute atomic E-state index is 0.0686. The molecule has 1 aromatic carbocycles. The minimum Gasteiger partial charge on any atom is -0.504 e. The summed E-state index contributed by atoms with van der Waals surface area (Å²) in [6, 6.07) is 4.46. The number of benzene rings is 1. The van der Waals surface area contributed by atoms with Crippen molar-refractivity contribution in [2.45, 2.75) is 63.8 Å². The number of phenolic OH excluding ortho intramolecular Hbond substituents is 1. The molecule has 0 saturated heterocycles. The Kier molecular flexibility index (Phi) is 5.22. The third-order valence-corrected chi connectivity index (χ3v) is 9.22. The van der Waals surface area contributed by atoms with E-state index in [0.717, 1.165) is 0 Å². The summed E-state index contributed by atoms with van der Waals surface area (Å²) in [7, 11) is 2.81. The molecule has 5 rings (SSSR count). The molecule has 0 spiro atoms. The van der Waals surface area contributed by atoms with Gasteiger partial charge in [0.05, 0.1) is 30.8 Å². The average Bonchev–Trinajstić information content (AvgIpc) is 2.84. The van der Waals surface area contributed by atoms with Crippen molar-refractivity contribution in [2.24, 2.45) is 10.8 Å². The standard InChI is InChI=1S/C28H32O9/c1-24(2)8-7-21(30)26(4)27(24,32)10-9-25(3)28(26,33)14-16-19(37-25)13-18(36-23(16)31)15-11-17(29)22(35-6)20(12-15)34-5/h7-8,11-13,29,32-33H,9-10,14H2,1-6H3. The third-order valence-electron chi connectivity index (χ3n) is 9.22. The van der Waals surface area contributed by atoms with Crippen molar-refractivity contribution in [3.05, 3.63) is 46.3 Å². The Balaban J connectivity index is 1.66. The highest BCUT2D eigenvalue weighted by Crippen LogP contribution is 2.65. The largest absolute Gasteiger partial charge is 0.504 e. The van der Waals surface area contributed by atoms with Crippen LogP contribution in [0.15, 0.2) is 39.6 Å². The second-order valence-corrected chi connectivity index (χ2v) is 11.2. The molecule has 1 aliphatic heterocycles. The number of carbonyl (C=O) groups excluding carboxylic acids is 1. The number of ketones is 1. The van der Waals surface area contributed by atoms with Crippen molar-refractivity contribution in [1.82, 2.24) is 0 Å². The molecule has 9 nitrogen and oxygen atoms in total. The lowest BCUT2D eigenvalue weighted by Gasteiger charge is -2.68. The predicted molar refractivity (Wildman–Crippen MR) is 133 cm³/mol. The summed E-state index contributed by atoms with van der Waals surface area (Å²) in [5.74, 6) is 0.0794. The van der Waals surface area contributed by atoms with E-state index in [0.29, 0.717) is 5.56 Å².